The molecule has 0 rings (SSSR count). The van der Waals surface area contributed by atoms with Crippen LogP contribution in [0.15, 0.2) is 0 Å². The first-order chi connectivity index (χ1) is 3.41. The number of unbranched alkanes of at least 4 members (excludes halogenated alkanes) is 3. The first-order valence-electron chi connectivity index (χ1n) is 2.84. The lowest BCUT2D eigenvalue weighted by Gasteiger charge is -1.89. The molecule has 0 unspecified atom stereocenters. The van der Waals surface area contributed by atoms with Crippen LogP contribution < -0.4 is 0 Å². The topological polar surface area (TPSA) is 0 Å². The zero-order chi connectivity index (χ0) is 5.54. The normalized spacial score (nSPS) is 9.43. The number of thiol groups is 1. The molecule has 0 aromatic carbocycles. The van der Waals surface area contributed by atoms with E-state index in [1.165, 1.54) is 19.3 Å². The second-order valence-corrected chi connectivity index (χ2v) is 2.01. The fourth-order valence-electron chi connectivity index (χ4n) is 0.440. The molecule has 0 atom stereocenters. The predicted molar refractivity (Wildman–Crippen MR) is 37.7 cm³/mol. The van der Waals surface area contributed by atoms with E-state index in [1.54, 1.807) is 0 Å². The summed E-state index contributed by atoms with van der Waals surface area (Å²) in [5, 5.41) is 0. The maximum Gasteiger partial charge on any atom is -0.00978 e. The second-order valence-electron chi connectivity index (χ2n) is 1.56. The average Bonchev–Trinajstić information content (AvgIpc) is 1.69. The third-order valence-electron chi connectivity index (χ3n) is 0.855. The van der Waals surface area contributed by atoms with E-state index in [1.807, 2.05) is 0 Å². The summed E-state index contributed by atoms with van der Waals surface area (Å²) in [5.41, 5.74) is 0. The molecule has 0 bridgehead atoms. The van der Waals surface area contributed by atoms with Crippen LogP contribution in [0.1, 0.15) is 26.2 Å². The summed E-state index contributed by atoms with van der Waals surface area (Å²) >= 11 is 4.07. The summed E-state index contributed by atoms with van der Waals surface area (Å²) in [6.07, 6.45) is 5.96. The largest absolute Gasteiger partial charge is 0.179 e. The van der Waals surface area contributed by atoms with Gasteiger partial charge in [0.2, 0.25) is 0 Å². The molecule has 0 fully saturated rings. The van der Waals surface area contributed by atoms with Gasteiger partial charge in [0.15, 0.2) is 0 Å². The predicted octanol–water partition coefficient (Wildman–Crippen LogP) is 2.31. The van der Waals surface area contributed by atoms with Gasteiger partial charge in [0.25, 0.3) is 0 Å². The zero-order valence-corrected chi connectivity index (χ0v) is 5.75. The Balaban J connectivity index is 2.45. The van der Waals surface area contributed by atoms with Crippen LogP contribution in [0.3, 0.4) is 0 Å². The highest BCUT2D eigenvalue weighted by atomic mass is 32.1. The van der Waals surface area contributed by atoms with Crippen molar-refractivity contribution in [3.05, 3.63) is 6.42 Å². The molecular formula is C6H13S. The van der Waals surface area contributed by atoms with Gasteiger partial charge in [-0.2, -0.15) is 12.6 Å². The third-order valence-corrected chi connectivity index (χ3v) is 1.17. The number of hydrogen-bond donors (Lipinski definition) is 1. The summed E-state index contributed by atoms with van der Waals surface area (Å²) in [7, 11) is 0. The van der Waals surface area contributed by atoms with Crippen LogP contribution in [0.25, 0.3) is 0 Å². The molecule has 7 heavy (non-hydrogen) atoms. The van der Waals surface area contributed by atoms with Crippen molar-refractivity contribution in [1.29, 1.82) is 0 Å². The Morgan fingerprint density at radius 3 is 2.71 bits per heavy atom. The maximum atomic E-state index is 4.07. The van der Waals surface area contributed by atoms with Crippen LogP contribution in [0.4, 0.5) is 0 Å². The second kappa shape index (κ2) is 6.35. The fraction of sp³-hybridized carbons (Fsp3) is 0.833. The van der Waals surface area contributed by atoms with Gasteiger partial charge < -0.3 is 0 Å². The average molecular weight is 117 g/mol. The van der Waals surface area contributed by atoms with Crippen LogP contribution in [0.5, 0.6) is 0 Å². The van der Waals surface area contributed by atoms with Gasteiger partial charge in [-0.05, 0) is 25.0 Å². The van der Waals surface area contributed by atoms with Crippen molar-refractivity contribution < 1.29 is 0 Å². The molecule has 0 aromatic heterocycles. The van der Waals surface area contributed by atoms with Gasteiger partial charge in [-0.15, -0.1) is 0 Å². The molecule has 1 heteroatoms. The zero-order valence-electron chi connectivity index (χ0n) is 4.85. The van der Waals surface area contributed by atoms with Crippen LogP contribution in [-0.2, 0) is 0 Å². The quantitative estimate of drug-likeness (QED) is 0.424. The van der Waals surface area contributed by atoms with E-state index in [9.17, 15) is 0 Å². The van der Waals surface area contributed by atoms with Crippen LogP contribution in [-0.4, -0.2) is 5.75 Å². The van der Waals surface area contributed by atoms with E-state index in [2.05, 4.69) is 26.0 Å². The fourth-order valence-corrected chi connectivity index (χ4v) is 0.622. The summed E-state index contributed by atoms with van der Waals surface area (Å²) in [4.78, 5) is 0. The van der Waals surface area contributed by atoms with Crippen LogP contribution in [0, 0.1) is 6.42 Å². The smallest absolute Gasteiger partial charge is 0.00978 e. The van der Waals surface area contributed by atoms with Crippen molar-refractivity contribution in [2.75, 3.05) is 5.75 Å². The molecule has 0 aliphatic carbocycles. The van der Waals surface area contributed by atoms with Crippen LogP contribution in [0.2, 0.25) is 0 Å². The van der Waals surface area contributed by atoms with Gasteiger partial charge >= 0.3 is 0 Å². The minimum atomic E-state index is 1.02. The van der Waals surface area contributed by atoms with E-state index in [4.69, 9.17) is 0 Å². The summed E-state index contributed by atoms with van der Waals surface area (Å²) in [6.45, 7) is 2.17. The van der Waals surface area contributed by atoms with E-state index in [-0.39, 0.29) is 0 Å². The highest BCUT2D eigenvalue weighted by Crippen LogP contribution is 1.97. The molecule has 0 saturated heterocycles. The Hall–Kier alpha value is 0.350. The Morgan fingerprint density at radius 1 is 1.57 bits per heavy atom. The van der Waals surface area contributed by atoms with Crippen molar-refractivity contribution in [2.45, 2.75) is 26.2 Å². The van der Waals surface area contributed by atoms with Gasteiger partial charge in [0, 0.05) is 0 Å². The maximum absolute atomic E-state index is 4.07. The van der Waals surface area contributed by atoms with Crippen LogP contribution >= 0.6 is 12.6 Å². The summed E-state index contributed by atoms with van der Waals surface area (Å²) in [6, 6.07) is 0. The highest BCUT2D eigenvalue weighted by Gasteiger charge is 1.80. The lowest BCUT2D eigenvalue weighted by molar-refractivity contribution is 0.861. The first-order valence-corrected chi connectivity index (χ1v) is 3.47. The lowest BCUT2D eigenvalue weighted by Crippen LogP contribution is -1.75. The highest BCUT2D eigenvalue weighted by molar-refractivity contribution is 7.80. The minimum absolute atomic E-state index is 1.02. The monoisotopic (exact) mass is 117 g/mol. The standard InChI is InChI=1S/C6H13S/c1-2-3-4-5-6-7/h3,7H,2,4-6H2,1H3. The molecule has 0 aliphatic rings. The number of hydrogen-bond acceptors (Lipinski definition) is 1. The molecule has 0 aromatic rings. The van der Waals surface area contributed by atoms with Gasteiger partial charge in [-0.3, -0.25) is 0 Å². The van der Waals surface area contributed by atoms with E-state index in [0.717, 1.165) is 5.75 Å². The Kier molecular flexibility index (Phi) is 6.67. The molecule has 0 heterocycles. The van der Waals surface area contributed by atoms with Crippen molar-refractivity contribution in [3.63, 3.8) is 0 Å². The van der Waals surface area contributed by atoms with E-state index < -0.39 is 0 Å². The molecule has 1 radical (unpaired) electrons. The van der Waals surface area contributed by atoms with E-state index in [0.29, 0.717) is 0 Å². The van der Waals surface area contributed by atoms with Gasteiger partial charge in [0.1, 0.15) is 0 Å². The molecule has 0 spiro atoms. The molecular weight excluding hydrogens is 104 g/mol. The molecule has 0 nitrogen and oxygen atoms in total. The van der Waals surface area contributed by atoms with Gasteiger partial charge in [0.05, 0.1) is 0 Å². The third kappa shape index (κ3) is 6.35. The SMILES string of the molecule is CC[CH]CCCS. The first kappa shape index (κ1) is 7.35. The summed E-state index contributed by atoms with van der Waals surface area (Å²) in [5.74, 6) is 1.02. The Morgan fingerprint density at radius 2 is 2.29 bits per heavy atom. The van der Waals surface area contributed by atoms with Crippen molar-refractivity contribution in [3.8, 4) is 0 Å². The van der Waals surface area contributed by atoms with E-state index >= 15 is 0 Å². The molecule has 43 valence electrons. The lowest BCUT2D eigenvalue weighted by atomic mass is 10.2. The van der Waals surface area contributed by atoms with Crippen molar-refractivity contribution in [1.82, 2.24) is 0 Å². The van der Waals surface area contributed by atoms with Crippen molar-refractivity contribution in [2.24, 2.45) is 0 Å². The summed E-state index contributed by atoms with van der Waals surface area (Å²) < 4.78 is 0. The number of rotatable bonds is 4. The minimum Gasteiger partial charge on any atom is -0.179 e. The molecule has 0 saturated carbocycles. The van der Waals surface area contributed by atoms with Gasteiger partial charge in [-0.25, -0.2) is 0 Å². The molecule has 0 aliphatic heterocycles. The molecule has 0 N–H and O–H groups in total. The van der Waals surface area contributed by atoms with Gasteiger partial charge in [-0.1, -0.05) is 13.3 Å². The Bertz CT molecular complexity index is 23.4. The van der Waals surface area contributed by atoms with Crippen molar-refractivity contribution >= 4 is 12.6 Å². The Labute approximate surface area is 51.7 Å². The molecule has 0 amide bonds.